The molecular formula is C3H7N3O2. The van der Waals surface area contributed by atoms with Gasteiger partial charge in [0.1, 0.15) is 0 Å². The Morgan fingerprint density at radius 2 is 2.38 bits per heavy atom. The highest BCUT2D eigenvalue weighted by atomic mass is 16.5. The molecule has 5 nitrogen and oxygen atoms in total. The molecule has 0 saturated heterocycles. The first kappa shape index (κ1) is 6.87. The molecule has 0 unspecified atom stereocenters. The van der Waals surface area contributed by atoms with Gasteiger partial charge in [-0.1, -0.05) is 10.3 Å². The van der Waals surface area contributed by atoms with E-state index in [-0.39, 0.29) is 0 Å². The van der Waals surface area contributed by atoms with E-state index in [0.29, 0.717) is 0 Å². The Bertz CT molecular complexity index is 101. The molecule has 0 spiro atoms. The van der Waals surface area contributed by atoms with E-state index in [1.165, 1.54) is 14.2 Å². The second-order valence-electron chi connectivity index (χ2n) is 0.894. The molecule has 0 aromatic carbocycles. The van der Waals surface area contributed by atoms with Gasteiger partial charge in [0.15, 0.2) is 0 Å². The van der Waals surface area contributed by atoms with Gasteiger partial charge in [0.2, 0.25) is 0 Å². The number of carbonyl (C=O) groups excluding carboxylic acids is 1. The first-order valence-corrected chi connectivity index (χ1v) is 1.96. The number of amides is 1. The predicted molar refractivity (Wildman–Crippen MR) is 26.3 cm³/mol. The normalized spacial score (nSPS) is 9.25. The van der Waals surface area contributed by atoms with E-state index in [4.69, 9.17) is 0 Å². The molecule has 0 saturated carbocycles. The minimum atomic E-state index is -0.709. The monoisotopic (exact) mass is 117 g/mol. The van der Waals surface area contributed by atoms with Crippen molar-refractivity contribution in [2.75, 3.05) is 14.2 Å². The van der Waals surface area contributed by atoms with E-state index in [9.17, 15) is 4.79 Å². The molecular weight excluding hydrogens is 110 g/mol. The molecule has 8 heavy (non-hydrogen) atoms. The van der Waals surface area contributed by atoms with Crippen LogP contribution in [0, 0.1) is 0 Å². The Balaban J connectivity index is 3.37. The molecule has 0 aliphatic rings. The van der Waals surface area contributed by atoms with Crippen molar-refractivity contribution in [3.63, 3.8) is 0 Å². The smallest absolute Gasteiger partial charge is 0.450 e. The van der Waals surface area contributed by atoms with E-state index in [2.05, 4.69) is 20.5 Å². The van der Waals surface area contributed by atoms with Gasteiger partial charge in [0.05, 0.1) is 7.11 Å². The highest BCUT2D eigenvalue weighted by Crippen LogP contribution is 1.77. The minimum Gasteiger partial charge on any atom is -0.450 e. The van der Waals surface area contributed by atoms with Crippen molar-refractivity contribution >= 4 is 6.09 Å². The Labute approximate surface area is 46.7 Å². The molecule has 5 heteroatoms. The zero-order valence-electron chi connectivity index (χ0n) is 4.71. The van der Waals surface area contributed by atoms with Crippen LogP contribution in [-0.2, 0) is 4.74 Å². The molecule has 0 radical (unpaired) electrons. The number of nitrogens with zero attached hydrogens (tertiary/aromatic N) is 2. The van der Waals surface area contributed by atoms with Crippen molar-refractivity contribution in [2.24, 2.45) is 10.3 Å². The van der Waals surface area contributed by atoms with Crippen LogP contribution in [0.4, 0.5) is 4.79 Å². The number of rotatable bonds is 1. The number of hydrogen-bond donors (Lipinski definition) is 1. The molecule has 46 valence electrons. The first-order valence-electron chi connectivity index (χ1n) is 1.96. The molecule has 0 heterocycles. The van der Waals surface area contributed by atoms with Gasteiger partial charge >= 0.3 is 6.09 Å². The first-order chi connectivity index (χ1) is 3.81. The number of hydrogen-bond acceptors (Lipinski definition) is 3. The van der Waals surface area contributed by atoms with Gasteiger partial charge in [-0.15, -0.1) is 0 Å². The maximum Gasteiger partial charge on any atom is 0.453 e. The lowest BCUT2D eigenvalue weighted by Crippen LogP contribution is -1.96. The zero-order valence-corrected chi connectivity index (χ0v) is 4.71. The minimum absolute atomic E-state index is 0.709. The fraction of sp³-hybridized carbons (Fsp3) is 0.667. The summed E-state index contributed by atoms with van der Waals surface area (Å²) in [5.41, 5.74) is 2.29. The van der Waals surface area contributed by atoms with Gasteiger partial charge in [0.25, 0.3) is 0 Å². The number of nitrogens with one attached hydrogen (secondary N) is 1. The second kappa shape index (κ2) is 4.04. The summed E-state index contributed by atoms with van der Waals surface area (Å²) in [4.78, 5) is 10.0. The summed E-state index contributed by atoms with van der Waals surface area (Å²) in [7, 11) is 2.77. The topological polar surface area (TPSA) is 63.0 Å². The lowest BCUT2D eigenvalue weighted by molar-refractivity contribution is 0.180. The van der Waals surface area contributed by atoms with Gasteiger partial charge in [-0.2, -0.15) is 0 Å². The lowest BCUT2D eigenvalue weighted by atomic mass is 11.2. The van der Waals surface area contributed by atoms with E-state index in [1.54, 1.807) is 0 Å². The van der Waals surface area contributed by atoms with E-state index < -0.39 is 6.09 Å². The van der Waals surface area contributed by atoms with Crippen LogP contribution in [0.15, 0.2) is 10.3 Å². The van der Waals surface area contributed by atoms with Crippen molar-refractivity contribution < 1.29 is 9.53 Å². The largest absolute Gasteiger partial charge is 0.453 e. The second-order valence-corrected chi connectivity index (χ2v) is 0.894. The third kappa shape index (κ3) is 3.08. The molecule has 0 aliphatic carbocycles. The predicted octanol–water partition coefficient (Wildman–Crippen LogP) is 0.339. The Kier molecular flexibility index (Phi) is 3.47. The van der Waals surface area contributed by atoms with Crippen molar-refractivity contribution in [3.8, 4) is 0 Å². The van der Waals surface area contributed by atoms with E-state index in [0.717, 1.165) is 0 Å². The maximum atomic E-state index is 10.0. The molecule has 0 atom stereocenters. The van der Waals surface area contributed by atoms with Crippen LogP contribution in [-0.4, -0.2) is 20.3 Å². The molecule has 0 aromatic heterocycles. The SMILES string of the molecule is CNN=NC(=O)OC. The van der Waals surface area contributed by atoms with Crippen LogP contribution in [0.3, 0.4) is 0 Å². The van der Waals surface area contributed by atoms with Crippen LogP contribution in [0.1, 0.15) is 0 Å². The molecule has 0 aliphatic heterocycles. The highest BCUT2D eigenvalue weighted by Gasteiger charge is 1.89. The molecule has 0 aromatic rings. The van der Waals surface area contributed by atoms with Crippen molar-refractivity contribution in [3.05, 3.63) is 0 Å². The summed E-state index contributed by atoms with van der Waals surface area (Å²) in [5.74, 6) is 0. The fourth-order valence-corrected chi connectivity index (χ4v) is 0.132. The average molecular weight is 117 g/mol. The van der Waals surface area contributed by atoms with Gasteiger partial charge < -0.3 is 4.74 Å². The van der Waals surface area contributed by atoms with Crippen molar-refractivity contribution in [2.45, 2.75) is 0 Å². The van der Waals surface area contributed by atoms with Gasteiger partial charge in [-0.3, -0.25) is 5.43 Å². The molecule has 1 N–H and O–H groups in total. The maximum absolute atomic E-state index is 10.0. The third-order valence-corrected chi connectivity index (χ3v) is 0.406. The third-order valence-electron chi connectivity index (χ3n) is 0.406. The van der Waals surface area contributed by atoms with E-state index >= 15 is 0 Å². The number of carbonyl (C=O) groups is 1. The molecule has 0 bridgehead atoms. The number of ether oxygens (including phenoxy) is 1. The van der Waals surface area contributed by atoms with Crippen LogP contribution >= 0.6 is 0 Å². The standard InChI is InChI=1S/C3H7N3O2/c1-4-6-5-3(7)8-2/h1-2H3,(H,4,5,7). The van der Waals surface area contributed by atoms with Crippen molar-refractivity contribution in [1.29, 1.82) is 0 Å². The van der Waals surface area contributed by atoms with Crippen LogP contribution in [0.5, 0.6) is 0 Å². The highest BCUT2D eigenvalue weighted by molar-refractivity contribution is 5.66. The van der Waals surface area contributed by atoms with E-state index in [1.807, 2.05) is 0 Å². The van der Waals surface area contributed by atoms with Crippen molar-refractivity contribution in [1.82, 2.24) is 5.43 Å². The average Bonchev–Trinajstić information content (AvgIpc) is 1.83. The quantitative estimate of drug-likeness (QED) is 0.398. The van der Waals surface area contributed by atoms with Crippen LogP contribution in [0.2, 0.25) is 0 Å². The number of methoxy groups -OCH3 is 1. The molecule has 1 amide bonds. The fourth-order valence-electron chi connectivity index (χ4n) is 0.132. The van der Waals surface area contributed by atoms with Crippen LogP contribution < -0.4 is 5.43 Å². The zero-order chi connectivity index (χ0) is 6.41. The summed E-state index contributed by atoms with van der Waals surface area (Å²) in [6.45, 7) is 0. The Hall–Kier alpha value is -1.13. The summed E-state index contributed by atoms with van der Waals surface area (Å²) >= 11 is 0. The van der Waals surface area contributed by atoms with Gasteiger partial charge in [0, 0.05) is 7.05 Å². The van der Waals surface area contributed by atoms with Gasteiger partial charge in [-0.05, 0) is 0 Å². The summed E-state index contributed by atoms with van der Waals surface area (Å²) in [6.07, 6.45) is -0.709. The summed E-state index contributed by atoms with van der Waals surface area (Å²) < 4.78 is 4.11. The molecule has 0 fully saturated rings. The van der Waals surface area contributed by atoms with Crippen LogP contribution in [0.25, 0.3) is 0 Å². The molecule has 0 rings (SSSR count). The lowest BCUT2D eigenvalue weighted by Gasteiger charge is -1.85. The summed E-state index contributed by atoms with van der Waals surface area (Å²) in [5, 5.41) is 6.16. The Morgan fingerprint density at radius 1 is 1.75 bits per heavy atom. The van der Waals surface area contributed by atoms with Gasteiger partial charge in [-0.25, -0.2) is 4.79 Å². The summed E-state index contributed by atoms with van der Waals surface area (Å²) in [6, 6.07) is 0. The Morgan fingerprint density at radius 3 is 2.75 bits per heavy atom.